The summed E-state index contributed by atoms with van der Waals surface area (Å²) in [6.45, 7) is 2.57. The van der Waals surface area contributed by atoms with Gasteiger partial charge in [-0.25, -0.2) is 4.98 Å². The van der Waals surface area contributed by atoms with Crippen LogP contribution in [-0.4, -0.2) is 60.1 Å². The van der Waals surface area contributed by atoms with E-state index in [9.17, 15) is 0 Å². The van der Waals surface area contributed by atoms with Crippen molar-refractivity contribution in [2.75, 3.05) is 33.9 Å². The molecule has 1 saturated heterocycles. The van der Waals surface area contributed by atoms with E-state index in [1.54, 1.807) is 14.2 Å². The second kappa shape index (κ2) is 5.56. The normalized spacial score (nSPS) is 28.1. The predicted molar refractivity (Wildman–Crippen MR) is 70.0 cm³/mol. The SMILES string of the molecule is COCCN1C[C@H](OC)C[C@H]1c1nc(C2CC2)n[nH]1. The summed E-state index contributed by atoms with van der Waals surface area (Å²) in [7, 11) is 3.51. The molecule has 2 fully saturated rings. The first-order valence-electron chi connectivity index (χ1n) is 6.99. The number of nitrogens with one attached hydrogen (secondary N) is 1. The molecule has 1 aromatic heterocycles. The number of H-pyrrole nitrogens is 1. The number of aromatic amines is 1. The maximum Gasteiger partial charge on any atom is 0.153 e. The lowest BCUT2D eigenvalue weighted by Crippen LogP contribution is -2.29. The third-order valence-electron chi connectivity index (χ3n) is 4.06. The molecule has 6 heteroatoms. The van der Waals surface area contributed by atoms with Crippen molar-refractivity contribution in [3.8, 4) is 0 Å². The number of ether oxygens (including phenoxy) is 2. The second-order valence-electron chi connectivity index (χ2n) is 5.45. The third kappa shape index (κ3) is 2.80. The van der Waals surface area contributed by atoms with Gasteiger partial charge in [0.2, 0.25) is 0 Å². The Morgan fingerprint density at radius 3 is 2.89 bits per heavy atom. The molecule has 1 aliphatic heterocycles. The zero-order valence-electron chi connectivity index (χ0n) is 11.6. The standard InChI is InChI=1S/C13H22N4O2/c1-18-6-5-17-8-10(19-2)7-11(17)13-14-12(15-16-13)9-3-4-9/h9-11H,3-8H2,1-2H3,(H,14,15,16)/t10-,11+/m1/s1. The van der Waals surface area contributed by atoms with E-state index in [2.05, 4.69) is 20.1 Å². The van der Waals surface area contributed by atoms with Crippen LogP contribution in [0.2, 0.25) is 0 Å². The summed E-state index contributed by atoms with van der Waals surface area (Å²) < 4.78 is 10.7. The van der Waals surface area contributed by atoms with Gasteiger partial charge in [0, 0.05) is 33.2 Å². The van der Waals surface area contributed by atoms with E-state index in [1.165, 1.54) is 12.8 Å². The lowest BCUT2D eigenvalue weighted by atomic mass is 10.2. The van der Waals surface area contributed by atoms with Gasteiger partial charge in [-0.1, -0.05) is 0 Å². The van der Waals surface area contributed by atoms with Gasteiger partial charge in [0.15, 0.2) is 5.82 Å². The molecule has 1 aliphatic carbocycles. The Morgan fingerprint density at radius 1 is 1.37 bits per heavy atom. The second-order valence-corrected chi connectivity index (χ2v) is 5.45. The maximum absolute atomic E-state index is 5.50. The van der Waals surface area contributed by atoms with Gasteiger partial charge in [-0.15, -0.1) is 0 Å². The fraction of sp³-hybridized carbons (Fsp3) is 0.846. The highest BCUT2D eigenvalue weighted by Gasteiger charge is 2.36. The van der Waals surface area contributed by atoms with Crippen molar-refractivity contribution in [2.45, 2.75) is 37.3 Å². The molecule has 2 heterocycles. The van der Waals surface area contributed by atoms with Gasteiger partial charge >= 0.3 is 0 Å². The molecule has 0 bridgehead atoms. The first-order valence-corrected chi connectivity index (χ1v) is 6.99. The van der Waals surface area contributed by atoms with Crippen LogP contribution in [-0.2, 0) is 9.47 Å². The van der Waals surface area contributed by atoms with E-state index in [-0.39, 0.29) is 12.1 Å². The highest BCUT2D eigenvalue weighted by Crippen LogP contribution is 2.39. The van der Waals surface area contributed by atoms with Crippen LogP contribution < -0.4 is 0 Å². The molecule has 0 aromatic carbocycles. The molecule has 0 spiro atoms. The summed E-state index contributed by atoms with van der Waals surface area (Å²) in [5.41, 5.74) is 0. The third-order valence-corrected chi connectivity index (χ3v) is 4.06. The number of methoxy groups -OCH3 is 2. The van der Waals surface area contributed by atoms with Crippen LogP contribution in [0, 0.1) is 0 Å². The molecule has 2 aliphatic rings. The van der Waals surface area contributed by atoms with Crippen molar-refractivity contribution in [3.63, 3.8) is 0 Å². The fourth-order valence-electron chi connectivity index (χ4n) is 2.73. The average molecular weight is 266 g/mol. The molecule has 3 rings (SSSR count). The molecule has 6 nitrogen and oxygen atoms in total. The molecule has 106 valence electrons. The summed E-state index contributed by atoms with van der Waals surface area (Å²) >= 11 is 0. The summed E-state index contributed by atoms with van der Waals surface area (Å²) in [5.74, 6) is 2.57. The predicted octanol–water partition coefficient (Wildman–Crippen LogP) is 1.09. The lowest BCUT2D eigenvalue weighted by Gasteiger charge is -2.21. The van der Waals surface area contributed by atoms with Gasteiger partial charge in [0.1, 0.15) is 5.82 Å². The summed E-state index contributed by atoms with van der Waals surface area (Å²) in [4.78, 5) is 7.05. The monoisotopic (exact) mass is 266 g/mol. The van der Waals surface area contributed by atoms with E-state index >= 15 is 0 Å². The van der Waals surface area contributed by atoms with Gasteiger partial charge < -0.3 is 9.47 Å². The van der Waals surface area contributed by atoms with Gasteiger partial charge in [-0.05, 0) is 19.3 Å². The van der Waals surface area contributed by atoms with Crippen molar-refractivity contribution < 1.29 is 9.47 Å². The Bertz CT molecular complexity index is 419. The van der Waals surface area contributed by atoms with Crippen LogP contribution in [0.25, 0.3) is 0 Å². The smallest absolute Gasteiger partial charge is 0.153 e. The first kappa shape index (κ1) is 13.0. The van der Waals surface area contributed by atoms with Crippen LogP contribution in [0.3, 0.4) is 0 Å². The van der Waals surface area contributed by atoms with Crippen LogP contribution in [0.4, 0.5) is 0 Å². The molecular formula is C13H22N4O2. The van der Waals surface area contributed by atoms with Crippen LogP contribution in [0.15, 0.2) is 0 Å². The molecule has 0 amide bonds. The van der Waals surface area contributed by atoms with Crippen molar-refractivity contribution in [1.82, 2.24) is 20.1 Å². The van der Waals surface area contributed by atoms with Gasteiger partial charge in [-0.3, -0.25) is 10.00 Å². The summed E-state index contributed by atoms with van der Waals surface area (Å²) in [5, 5.41) is 7.47. The number of hydrogen-bond donors (Lipinski definition) is 1. The molecular weight excluding hydrogens is 244 g/mol. The average Bonchev–Trinajstić information content (AvgIpc) is 3.03. The van der Waals surface area contributed by atoms with E-state index in [0.717, 1.165) is 37.8 Å². The summed E-state index contributed by atoms with van der Waals surface area (Å²) in [6.07, 6.45) is 3.71. The molecule has 0 radical (unpaired) electrons. The van der Waals surface area contributed by atoms with Crippen LogP contribution >= 0.6 is 0 Å². The van der Waals surface area contributed by atoms with Crippen LogP contribution in [0.5, 0.6) is 0 Å². The quantitative estimate of drug-likeness (QED) is 0.835. The van der Waals surface area contributed by atoms with E-state index in [1.807, 2.05) is 0 Å². The minimum atomic E-state index is 0.274. The Hall–Kier alpha value is -0.980. The molecule has 1 saturated carbocycles. The molecule has 1 aromatic rings. The topological polar surface area (TPSA) is 63.3 Å². The Kier molecular flexibility index (Phi) is 3.81. The molecule has 0 unspecified atom stereocenters. The fourth-order valence-corrected chi connectivity index (χ4v) is 2.73. The highest BCUT2D eigenvalue weighted by atomic mass is 16.5. The van der Waals surface area contributed by atoms with Crippen LogP contribution in [0.1, 0.15) is 42.9 Å². The molecule has 19 heavy (non-hydrogen) atoms. The Labute approximate surface area is 113 Å². The minimum absolute atomic E-state index is 0.274. The van der Waals surface area contributed by atoms with Gasteiger partial charge in [-0.2, -0.15) is 5.10 Å². The Morgan fingerprint density at radius 2 is 2.21 bits per heavy atom. The summed E-state index contributed by atoms with van der Waals surface area (Å²) in [6, 6.07) is 0.278. The zero-order chi connectivity index (χ0) is 13.2. The zero-order valence-corrected chi connectivity index (χ0v) is 11.6. The van der Waals surface area contributed by atoms with Gasteiger partial charge in [0.05, 0.1) is 18.8 Å². The Balaban J connectivity index is 1.71. The number of aromatic nitrogens is 3. The van der Waals surface area contributed by atoms with Crippen molar-refractivity contribution in [1.29, 1.82) is 0 Å². The number of rotatable bonds is 6. The highest BCUT2D eigenvalue weighted by molar-refractivity contribution is 5.08. The number of likely N-dealkylation sites (tertiary alicyclic amines) is 1. The lowest BCUT2D eigenvalue weighted by molar-refractivity contribution is 0.0992. The van der Waals surface area contributed by atoms with Crippen molar-refractivity contribution in [2.24, 2.45) is 0 Å². The molecule has 2 atom stereocenters. The minimum Gasteiger partial charge on any atom is -0.383 e. The van der Waals surface area contributed by atoms with Gasteiger partial charge in [0.25, 0.3) is 0 Å². The number of hydrogen-bond acceptors (Lipinski definition) is 5. The number of nitrogens with zero attached hydrogens (tertiary/aromatic N) is 3. The maximum atomic E-state index is 5.50. The van der Waals surface area contributed by atoms with Crippen molar-refractivity contribution >= 4 is 0 Å². The van der Waals surface area contributed by atoms with Crippen molar-refractivity contribution in [3.05, 3.63) is 11.6 Å². The van der Waals surface area contributed by atoms with E-state index < -0.39 is 0 Å². The largest absolute Gasteiger partial charge is 0.383 e. The molecule has 1 N–H and O–H groups in total. The van der Waals surface area contributed by atoms with E-state index in [0.29, 0.717) is 5.92 Å². The van der Waals surface area contributed by atoms with E-state index in [4.69, 9.17) is 9.47 Å². The first-order chi connectivity index (χ1) is 9.31.